The van der Waals surface area contributed by atoms with E-state index in [4.69, 9.17) is 0 Å². The van der Waals surface area contributed by atoms with E-state index in [1.807, 2.05) is 0 Å². The fourth-order valence-electron chi connectivity index (χ4n) is 0.359. The van der Waals surface area contributed by atoms with Crippen molar-refractivity contribution < 1.29 is 0 Å². The van der Waals surface area contributed by atoms with Crippen LogP contribution in [0.15, 0.2) is 24.3 Å². The van der Waals surface area contributed by atoms with Crippen molar-refractivity contribution in [2.75, 3.05) is 0 Å². The van der Waals surface area contributed by atoms with Crippen LogP contribution in [0.2, 0.25) is 0 Å². The topological polar surface area (TPSA) is 0 Å². The van der Waals surface area contributed by atoms with Gasteiger partial charge in [-0.15, -0.1) is 0 Å². The zero-order chi connectivity index (χ0) is 5.66. The van der Waals surface area contributed by atoms with Gasteiger partial charge in [-0.3, -0.25) is 0 Å². The van der Waals surface area contributed by atoms with E-state index < -0.39 is 0 Å². The van der Waals surface area contributed by atoms with Gasteiger partial charge in [0.25, 0.3) is 0 Å². The van der Waals surface area contributed by atoms with Crippen molar-refractivity contribution in [1.82, 2.24) is 0 Å². The Balaban J connectivity index is 2.82. The van der Waals surface area contributed by atoms with E-state index in [0.29, 0.717) is 0 Å². The van der Waals surface area contributed by atoms with Crippen molar-refractivity contribution in [3.05, 3.63) is 24.3 Å². The molecule has 0 N–H and O–H groups in total. The van der Waals surface area contributed by atoms with E-state index in [0.717, 1.165) is 0 Å². The smallest absolute Gasteiger partial charge is 0.00316 e. The molecule has 0 aromatic carbocycles. The number of hydrogen-bond acceptors (Lipinski definition) is 0. The van der Waals surface area contributed by atoms with Crippen LogP contribution in [0.25, 0.3) is 0 Å². The molecule has 0 spiro atoms. The van der Waals surface area contributed by atoms with Gasteiger partial charge in [-0.05, 0) is 24.3 Å². The van der Waals surface area contributed by atoms with Crippen LogP contribution < -0.4 is 0 Å². The highest BCUT2D eigenvalue weighted by atomic mass is 13.7. The van der Waals surface area contributed by atoms with Gasteiger partial charge in [0.05, 0.1) is 0 Å². The van der Waals surface area contributed by atoms with Crippen LogP contribution in [0.1, 0.15) is 0 Å². The van der Waals surface area contributed by atoms with Gasteiger partial charge in [0, 0.05) is 0 Å². The van der Waals surface area contributed by atoms with E-state index >= 15 is 0 Å². The highest BCUT2D eigenvalue weighted by Crippen LogP contribution is 1.74. The predicted molar refractivity (Wildman–Crippen MR) is 33.8 cm³/mol. The van der Waals surface area contributed by atoms with Gasteiger partial charge in [-0.25, -0.2) is 0 Å². The lowest BCUT2D eigenvalue weighted by atomic mass is 10.4. The Morgan fingerprint density at radius 3 is 1.00 bits per heavy atom. The Bertz CT molecular complexity index is 185. The Morgan fingerprint density at radius 1 is 0.500 bits per heavy atom. The quantitative estimate of drug-likeness (QED) is 0.400. The van der Waals surface area contributed by atoms with E-state index in [2.05, 4.69) is 23.7 Å². The van der Waals surface area contributed by atoms with Crippen molar-refractivity contribution >= 4 is 0 Å². The van der Waals surface area contributed by atoms with E-state index in [1.54, 1.807) is 24.3 Å². The van der Waals surface area contributed by atoms with Gasteiger partial charge >= 0.3 is 0 Å². The predicted octanol–water partition coefficient (Wildman–Crippen LogP) is 1.12. The molecule has 0 saturated carbocycles. The standard InChI is InChI=1S/C8H4/c1-2-4-6-8-7-5-3-1/h1-2,7-8H. The minimum atomic E-state index is 1.73. The fourth-order valence-corrected chi connectivity index (χ4v) is 0.359. The molecule has 0 fully saturated rings. The Morgan fingerprint density at radius 2 is 0.750 bits per heavy atom. The molecule has 0 radical (unpaired) electrons. The number of rotatable bonds is 0. The summed E-state index contributed by atoms with van der Waals surface area (Å²) in [5.74, 6) is 11.1. The summed E-state index contributed by atoms with van der Waals surface area (Å²) >= 11 is 0. The van der Waals surface area contributed by atoms with Gasteiger partial charge in [-0.1, -0.05) is 23.7 Å². The highest BCUT2D eigenvalue weighted by molar-refractivity contribution is 5.36. The molecule has 1 aliphatic carbocycles. The molecular weight excluding hydrogens is 96.1 g/mol. The maximum Gasteiger partial charge on any atom is -0.00316 e. The molecule has 0 atom stereocenters. The molecule has 0 aliphatic heterocycles. The van der Waals surface area contributed by atoms with Crippen LogP contribution in [0.4, 0.5) is 0 Å². The monoisotopic (exact) mass is 100 g/mol. The van der Waals surface area contributed by atoms with Crippen molar-refractivity contribution in [2.24, 2.45) is 0 Å². The molecule has 0 nitrogen and oxygen atoms in total. The van der Waals surface area contributed by atoms with Crippen LogP contribution in [0.5, 0.6) is 0 Å². The third-order valence-electron chi connectivity index (χ3n) is 0.667. The minimum absolute atomic E-state index is 1.73. The number of allylic oxidation sites excluding steroid dienone is 4. The third-order valence-corrected chi connectivity index (χ3v) is 0.667. The molecule has 0 amide bonds. The Kier molecular flexibility index (Phi) is 1.62. The molecule has 0 heteroatoms. The Labute approximate surface area is 48.9 Å². The first kappa shape index (κ1) is 4.75. The summed E-state index contributed by atoms with van der Waals surface area (Å²) < 4.78 is 0. The largest absolute Gasteiger partial charge is 0.0696 e. The molecule has 0 aromatic heterocycles. The molecule has 1 rings (SSSR count). The first-order valence-corrected chi connectivity index (χ1v) is 2.32. The lowest BCUT2D eigenvalue weighted by Gasteiger charge is -1.68. The SMILES string of the molecule is C1#CC=CC#CC=C1. The van der Waals surface area contributed by atoms with Crippen LogP contribution in [0.3, 0.4) is 0 Å². The van der Waals surface area contributed by atoms with Crippen molar-refractivity contribution in [2.45, 2.75) is 0 Å². The summed E-state index contributed by atoms with van der Waals surface area (Å²) in [6.07, 6.45) is 6.93. The third kappa shape index (κ3) is 1.37. The second-order valence-corrected chi connectivity index (χ2v) is 1.24. The molecule has 0 aromatic rings. The molecule has 0 saturated heterocycles. The summed E-state index contributed by atoms with van der Waals surface area (Å²) in [7, 11) is 0. The first-order valence-electron chi connectivity index (χ1n) is 2.32. The van der Waals surface area contributed by atoms with Crippen molar-refractivity contribution in [3.63, 3.8) is 0 Å². The van der Waals surface area contributed by atoms with Gasteiger partial charge in [0.2, 0.25) is 0 Å². The average molecular weight is 100 g/mol. The van der Waals surface area contributed by atoms with Gasteiger partial charge in [-0.2, -0.15) is 0 Å². The zero-order valence-corrected chi connectivity index (χ0v) is 4.31. The maximum atomic E-state index is 2.77. The molecule has 8 heavy (non-hydrogen) atoms. The normalized spacial score (nSPS) is 12.0. The Hall–Kier alpha value is -1.40. The molecule has 0 bridgehead atoms. The molecular formula is C8H4. The lowest BCUT2D eigenvalue weighted by Crippen LogP contribution is -1.56. The average Bonchev–Trinajstić information content (AvgIpc) is 1.62. The zero-order valence-electron chi connectivity index (χ0n) is 4.31. The lowest BCUT2D eigenvalue weighted by molar-refractivity contribution is 2.03. The second-order valence-electron chi connectivity index (χ2n) is 1.24. The minimum Gasteiger partial charge on any atom is -0.0696 e. The van der Waals surface area contributed by atoms with Crippen LogP contribution in [-0.2, 0) is 0 Å². The number of hydrogen-bond donors (Lipinski definition) is 0. The van der Waals surface area contributed by atoms with Crippen LogP contribution in [-0.4, -0.2) is 0 Å². The maximum absolute atomic E-state index is 2.77. The van der Waals surface area contributed by atoms with Crippen molar-refractivity contribution in [3.8, 4) is 23.7 Å². The van der Waals surface area contributed by atoms with E-state index in [1.165, 1.54) is 0 Å². The summed E-state index contributed by atoms with van der Waals surface area (Å²) in [5.41, 5.74) is 0. The van der Waals surface area contributed by atoms with E-state index in [-0.39, 0.29) is 0 Å². The fraction of sp³-hybridized carbons (Fsp3) is 0. The molecule has 0 heterocycles. The van der Waals surface area contributed by atoms with Crippen LogP contribution >= 0.6 is 0 Å². The van der Waals surface area contributed by atoms with E-state index in [9.17, 15) is 0 Å². The molecule has 1 aliphatic rings. The van der Waals surface area contributed by atoms with Gasteiger partial charge < -0.3 is 0 Å². The summed E-state index contributed by atoms with van der Waals surface area (Å²) in [4.78, 5) is 0. The van der Waals surface area contributed by atoms with Crippen molar-refractivity contribution in [1.29, 1.82) is 0 Å². The second kappa shape index (κ2) is 2.72. The molecule has 36 valence electrons. The summed E-state index contributed by atoms with van der Waals surface area (Å²) in [5, 5.41) is 0. The summed E-state index contributed by atoms with van der Waals surface area (Å²) in [6, 6.07) is 0. The van der Waals surface area contributed by atoms with Gasteiger partial charge in [0.1, 0.15) is 0 Å². The molecule has 0 unspecified atom stereocenters. The highest BCUT2D eigenvalue weighted by Gasteiger charge is 1.62. The first-order chi connectivity index (χ1) is 4.00. The van der Waals surface area contributed by atoms with Crippen LogP contribution in [0, 0.1) is 23.7 Å². The van der Waals surface area contributed by atoms with Gasteiger partial charge in [0.15, 0.2) is 0 Å². The summed E-state index contributed by atoms with van der Waals surface area (Å²) in [6.45, 7) is 0.